The second kappa shape index (κ2) is 27.2. The third-order valence-electron chi connectivity index (χ3n) is 7.89. The minimum absolute atomic E-state index is 0.0249. The second-order valence-corrected chi connectivity index (χ2v) is 15.8. The van der Waals surface area contributed by atoms with Gasteiger partial charge in [-0.2, -0.15) is 0 Å². The molecule has 0 aliphatic heterocycles. The highest BCUT2D eigenvalue weighted by molar-refractivity contribution is 9.10. The van der Waals surface area contributed by atoms with E-state index in [1.54, 1.807) is 52.8 Å². The van der Waals surface area contributed by atoms with E-state index < -0.39 is 64.4 Å². The molecule has 0 saturated carbocycles. The van der Waals surface area contributed by atoms with Crippen LogP contribution in [0.25, 0.3) is 0 Å². The van der Waals surface area contributed by atoms with E-state index in [1.165, 1.54) is 72.3 Å². The third-order valence-corrected chi connectivity index (χ3v) is 9.43. The lowest BCUT2D eigenvalue weighted by atomic mass is 10.1. The molecule has 0 heterocycles. The van der Waals surface area contributed by atoms with E-state index in [0.29, 0.717) is 16.5 Å². The molecule has 5 aromatic carbocycles. The molecule has 5 rings (SSSR count). The second-order valence-electron chi connectivity index (χ2n) is 14.4. The first-order valence-corrected chi connectivity index (χ1v) is 20.7. The van der Waals surface area contributed by atoms with Crippen molar-refractivity contribution in [3.05, 3.63) is 174 Å². The number of hydrogen-bond acceptors (Lipinski definition) is 8. The van der Waals surface area contributed by atoms with Gasteiger partial charge in [0.1, 0.15) is 28.9 Å². The van der Waals surface area contributed by atoms with Gasteiger partial charge in [0.15, 0.2) is 0 Å². The van der Waals surface area contributed by atoms with Gasteiger partial charge < -0.3 is 29.7 Å². The summed E-state index contributed by atoms with van der Waals surface area (Å²) in [6, 6.07) is 22.8. The van der Waals surface area contributed by atoms with Crippen LogP contribution in [0.2, 0.25) is 0 Å². The fourth-order valence-electron chi connectivity index (χ4n) is 4.73. The minimum atomic E-state index is -1.33. The normalized spacial score (nSPS) is 10.0. The number of rotatable bonds is 7. The molecule has 0 fully saturated rings. The average Bonchev–Trinajstić information content (AvgIpc) is 3.21. The number of amides is 1. The Morgan fingerprint density at radius 3 is 1.33 bits per heavy atom. The van der Waals surface area contributed by atoms with Crippen molar-refractivity contribution < 1.29 is 66.0 Å². The first-order valence-electron chi connectivity index (χ1n) is 18.8. The summed E-state index contributed by atoms with van der Waals surface area (Å²) in [7, 11) is 2.45. The number of halogens is 6. The smallest absolute Gasteiger partial charge is 0.407 e. The number of nitrogens with one attached hydrogen (secondary N) is 1. The number of hydrogen-bond donors (Lipinski definition) is 3. The molecule has 0 radical (unpaired) electrons. The van der Waals surface area contributed by atoms with Crippen LogP contribution in [0.3, 0.4) is 0 Å². The summed E-state index contributed by atoms with van der Waals surface area (Å²) in [5, 5.41) is 20.1. The zero-order chi connectivity index (χ0) is 48.9. The molecule has 0 unspecified atom stereocenters. The van der Waals surface area contributed by atoms with Crippen molar-refractivity contribution >= 4 is 61.8 Å². The number of alkyl carbamates (subject to hydrolysis) is 1. The van der Waals surface area contributed by atoms with Gasteiger partial charge >= 0.3 is 30.0 Å². The van der Waals surface area contributed by atoms with Crippen molar-refractivity contribution in [1.82, 2.24) is 5.32 Å². The molecule has 64 heavy (non-hydrogen) atoms. The van der Waals surface area contributed by atoms with Gasteiger partial charge in [-0.15, -0.1) is 0 Å². The fraction of sp³-hybridized carbons (Fsp3) is 0.255. The monoisotopic (exact) mass is 1020 g/mol. The number of esters is 2. The number of carbonyl (C=O) groups excluding carboxylic acids is 3. The van der Waals surface area contributed by atoms with Crippen LogP contribution < -0.4 is 5.32 Å². The number of benzene rings is 5. The van der Waals surface area contributed by atoms with E-state index in [9.17, 15) is 41.5 Å². The Balaban J connectivity index is 0.000000409. The van der Waals surface area contributed by atoms with Crippen molar-refractivity contribution in [2.24, 2.45) is 0 Å². The molecule has 0 spiro atoms. The van der Waals surface area contributed by atoms with E-state index in [-0.39, 0.29) is 23.2 Å². The average molecular weight is 1020 g/mol. The number of carboxylic acid groups (broad SMARTS) is 2. The van der Waals surface area contributed by atoms with E-state index in [2.05, 4.69) is 78.7 Å². The highest BCUT2D eigenvalue weighted by Gasteiger charge is 2.17. The van der Waals surface area contributed by atoms with Gasteiger partial charge in [0.25, 0.3) is 0 Å². The number of aromatic carboxylic acids is 2. The van der Waals surface area contributed by atoms with Crippen LogP contribution in [0.15, 0.2) is 95.5 Å². The van der Waals surface area contributed by atoms with Crippen LogP contribution in [0, 0.1) is 51.0 Å². The molecule has 0 atom stereocenters. The van der Waals surface area contributed by atoms with E-state index in [0.717, 1.165) is 23.3 Å². The molecular formula is C47H49Br2F4NO10. The van der Waals surface area contributed by atoms with E-state index in [4.69, 9.17) is 14.9 Å². The highest BCUT2D eigenvalue weighted by atomic mass is 79.9. The molecule has 3 N–H and O–H groups in total. The van der Waals surface area contributed by atoms with Crippen LogP contribution in [0.1, 0.15) is 95.6 Å². The lowest BCUT2D eigenvalue weighted by Crippen LogP contribution is -2.32. The molecule has 1 amide bonds. The van der Waals surface area contributed by atoms with Gasteiger partial charge in [-0.1, -0.05) is 73.8 Å². The van der Waals surface area contributed by atoms with Gasteiger partial charge in [-0.05, 0) is 131 Å². The first kappa shape index (κ1) is 55.9. The summed E-state index contributed by atoms with van der Waals surface area (Å²) in [4.78, 5) is 54.1. The summed E-state index contributed by atoms with van der Waals surface area (Å²) >= 11 is 6.62. The predicted molar refractivity (Wildman–Crippen MR) is 241 cm³/mol. The molecule has 17 heteroatoms. The SMILES string of the molecule is CC(C)(C)OC(=O)NCc1ccc(C(=O)O)c(F)c1.COC(=O)c1ccc(C)cc1F.COC(=O)c1ccc(CBr)cc1F.Cc1ccc(Br)c(C)c1.Cc1ccc(C(=O)O)c(F)c1. The third kappa shape index (κ3) is 20.4. The zero-order valence-corrected chi connectivity index (χ0v) is 39.7. The molecule has 0 saturated heterocycles. The first-order chi connectivity index (χ1) is 29.8. The Morgan fingerprint density at radius 1 is 0.578 bits per heavy atom. The van der Waals surface area contributed by atoms with Gasteiger partial charge in [-0.3, -0.25) is 0 Å². The van der Waals surface area contributed by atoms with Gasteiger partial charge in [0, 0.05) is 16.3 Å². The molecule has 5 aromatic rings. The summed E-state index contributed by atoms with van der Waals surface area (Å²) in [5.74, 6) is -6.48. The number of alkyl halides is 1. The van der Waals surface area contributed by atoms with Crippen LogP contribution >= 0.6 is 31.9 Å². The molecule has 344 valence electrons. The zero-order valence-electron chi connectivity index (χ0n) is 36.5. The Morgan fingerprint density at radius 2 is 0.953 bits per heavy atom. The largest absolute Gasteiger partial charge is 0.478 e. The summed E-state index contributed by atoms with van der Waals surface area (Å²) < 4.78 is 67.2. The standard InChI is InChI=1S/C13H16FNO4.C9H8BrFO2.C9H9FO2.C8H9Br.C8H7FO2/c1-13(2,3)19-12(18)15-7-8-4-5-9(11(16)17)10(14)6-8;1-13-9(12)7-3-2-6(5-10)4-8(7)11;1-6-3-4-7(8(10)5-6)9(11)12-2;1-6-3-4-8(9)7(2)5-6;1-5-2-3-6(8(10)11)7(9)4-5/h4-6H,7H2,1-3H3,(H,15,18)(H,16,17);2-4H,5H2,1H3;3-5H,1-2H3;3-5H,1-2H3;2-4H,1H3,(H,10,11). The van der Waals surface area contributed by atoms with Gasteiger partial charge in [0.2, 0.25) is 0 Å². The lowest BCUT2D eigenvalue weighted by molar-refractivity contribution is 0.0520. The van der Waals surface area contributed by atoms with E-state index in [1.807, 2.05) is 0 Å². The number of aryl methyl sites for hydroxylation is 4. The molecule has 0 aromatic heterocycles. The maximum absolute atomic E-state index is 13.4. The molecule has 0 aliphatic rings. The van der Waals surface area contributed by atoms with Gasteiger partial charge in [-0.25, -0.2) is 41.5 Å². The molecule has 0 aliphatic carbocycles. The van der Waals surface area contributed by atoms with Crippen LogP contribution in [0.4, 0.5) is 22.4 Å². The van der Waals surface area contributed by atoms with Crippen molar-refractivity contribution in [2.75, 3.05) is 14.2 Å². The van der Waals surface area contributed by atoms with E-state index >= 15 is 0 Å². The number of carboxylic acids is 2. The van der Waals surface area contributed by atoms with Crippen molar-refractivity contribution in [3.8, 4) is 0 Å². The number of carbonyl (C=O) groups is 5. The maximum atomic E-state index is 13.4. The Hall–Kier alpha value is -6.07. The highest BCUT2D eigenvalue weighted by Crippen LogP contribution is 2.17. The summed E-state index contributed by atoms with van der Waals surface area (Å²) in [6.07, 6.45) is -0.616. The Bertz CT molecular complexity index is 2400. The quantitative estimate of drug-likeness (QED) is 0.0618. The van der Waals surface area contributed by atoms with Gasteiger partial charge in [0.05, 0.1) is 36.5 Å². The van der Waals surface area contributed by atoms with Crippen LogP contribution in [0.5, 0.6) is 0 Å². The van der Waals surface area contributed by atoms with Crippen molar-refractivity contribution in [1.29, 1.82) is 0 Å². The fourth-order valence-corrected chi connectivity index (χ4v) is 5.33. The van der Waals surface area contributed by atoms with Crippen molar-refractivity contribution in [3.63, 3.8) is 0 Å². The lowest BCUT2D eigenvalue weighted by Gasteiger charge is -2.19. The summed E-state index contributed by atoms with van der Waals surface area (Å²) in [5.41, 5.74) is 3.99. The molecule has 0 bridgehead atoms. The Kier molecular flexibility index (Phi) is 23.8. The van der Waals surface area contributed by atoms with Crippen LogP contribution in [-0.4, -0.2) is 60.0 Å². The Labute approximate surface area is 386 Å². The van der Waals surface area contributed by atoms with Crippen molar-refractivity contribution in [2.45, 2.75) is 65.9 Å². The molecule has 11 nitrogen and oxygen atoms in total. The summed E-state index contributed by atoms with van der Waals surface area (Å²) in [6.45, 7) is 12.9. The molecular weight excluding hydrogens is 974 g/mol. The topological polar surface area (TPSA) is 166 Å². The predicted octanol–water partition coefficient (Wildman–Crippen LogP) is 11.9. The number of ether oxygens (including phenoxy) is 3. The minimum Gasteiger partial charge on any atom is -0.478 e. The maximum Gasteiger partial charge on any atom is 0.407 e. The number of methoxy groups -OCH3 is 2. The van der Waals surface area contributed by atoms with Crippen LogP contribution in [-0.2, 0) is 26.1 Å².